The van der Waals surface area contributed by atoms with Crippen molar-refractivity contribution in [3.63, 3.8) is 0 Å². The van der Waals surface area contributed by atoms with E-state index in [0.717, 1.165) is 31.1 Å². The minimum atomic E-state index is 0. The SMILES string of the molecule is Cl.Cl.NC1CCN(Cc2cccc(Cl)c2)C1. The Morgan fingerprint density at radius 1 is 1.38 bits per heavy atom. The second-order valence-electron chi connectivity index (χ2n) is 3.91. The second kappa shape index (κ2) is 7.36. The van der Waals surface area contributed by atoms with Gasteiger partial charge in [-0.2, -0.15) is 0 Å². The zero-order chi connectivity index (χ0) is 9.97. The highest BCUT2D eigenvalue weighted by Crippen LogP contribution is 2.15. The summed E-state index contributed by atoms with van der Waals surface area (Å²) in [6.07, 6.45) is 1.11. The fraction of sp³-hybridized carbons (Fsp3) is 0.455. The second-order valence-corrected chi connectivity index (χ2v) is 4.35. The van der Waals surface area contributed by atoms with Gasteiger partial charge in [0, 0.05) is 30.7 Å². The van der Waals surface area contributed by atoms with Crippen LogP contribution in [0.2, 0.25) is 5.02 Å². The van der Waals surface area contributed by atoms with E-state index in [1.807, 2.05) is 18.2 Å². The van der Waals surface area contributed by atoms with Crippen LogP contribution in [-0.2, 0) is 6.54 Å². The van der Waals surface area contributed by atoms with Crippen molar-refractivity contribution < 1.29 is 0 Å². The Balaban J connectivity index is 0.00000112. The minimum absolute atomic E-state index is 0. The van der Waals surface area contributed by atoms with Gasteiger partial charge in [-0.25, -0.2) is 0 Å². The van der Waals surface area contributed by atoms with E-state index < -0.39 is 0 Å². The fourth-order valence-corrected chi connectivity index (χ4v) is 2.11. The van der Waals surface area contributed by atoms with Gasteiger partial charge in [-0.15, -0.1) is 24.8 Å². The quantitative estimate of drug-likeness (QED) is 0.904. The Labute approximate surface area is 114 Å². The molecule has 1 unspecified atom stereocenters. The highest BCUT2D eigenvalue weighted by Gasteiger charge is 2.18. The Morgan fingerprint density at radius 3 is 2.69 bits per heavy atom. The largest absolute Gasteiger partial charge is 0.326 e. The van der Waals surface area contributed by atoms with E-state index in [1.165, 1.54) is 5.56 Å². The molecule has 1 heterocycles. The lowest BCUT2D eigenvalue weighted by molar-refractivity contribution is 0.327. The van der Waals surface area contributed by atoms with E-state index in [1.54, 1.807) is 0 Å². The van der Waals surface area contributed by atoms with E-state index in [-0.39, 0.29) is 24.8 Å². The van der Waals surface area contributed by atoms with E-state index in [9.17, 15) is 0 Å². The number of nitrogens with zero attached hydrogens (tertiary/aromatic N) is 1. The molecule has 2 N–H and O–H groups in total. The van der Waals surface area contributed by atoms with Gasteiger partial charge in [0.15, 0.2) is 0 Å². The van der Waals surface area contributed by atoms with Crippen LogP contribution in [-0.4, -0.2) is 24.0 Å². The van der Waals surface area contributed by atoms with Crippen molar-refractivity contribution in [1.82, 2.24) is 4.90 Å². The van der Waals surface area contributed by atoms with Crippen molar-refractivity contribution in [2.45, 2.75) is 19.0 Å². The van der Waals surface area contributed by atoms with Crippen LogP contribution in [0.4, 0.5) is 0 Å². The Bertz CT molecular complexity index is 320. The molecule has 1 aliphatic heterocycles. The van der Waals surface area contributed by atoms with Gasteiger partial charge < -0.3 is 5.73 Å². The molecule has 1 aromatic carbocycles. The molecule has 1 saturated heterocycles. The van der Waals surface area contributed by atoms with Crippen LogP contribution < -0.4 is 5.73 Å². The van der Waals surface area contributed by atoms with Gasteiger partial charge in [-0.3, -0.25) is 4.90 Å². The molecule has 0 radical (unpaired) electrons. The highest BCUT2D eigenvalue weighted by molar-refractivity contribution is 6.30. The van der Waals surface area contributed by atoms with Crippen molar-refractivity contribution in [2.75, 3.05) is 13.1 Å². The molecule has 1 fully saturated rings. The molecule has 0 amide bonds. The zero-order valence-corrected chi connectivity index (χ0v) is 11.3. The maximum atomic E-state index is 5.92. The first-order chi connectivity index (χ1) is 6.74. The van der Waals surface area contributed by atoms with E-state index in [0.29, 0.717) is 6.04 Å². The molecular formula is C11H17Cl3N2. The number of benzene rings is 1. The zero-order valence-electron chi connectivity index (χ0n) is 8.93. The summed E-state index contributed by atoms with van der Waals surface area (Å²) >= 11 is 5.92. The summed E-state index contributed by atoms with van der Waals surface area (Å²) in [6, 6.07) is 8.38. The monoisotopic (exact) mass is 282 g/mol. The summed E-state index contributed by atoms with van der Waals surface area (Å²) in [7, 11) is 0. The third kappa shape index (κ3) is 4.48. The van der Waals surface area contributed by atoms with Crippen LogP contribution in [0.5, 0.6) is 0 Å². The van der Waals surface area contributed by atoms with Gasteiger partial charge in [0.05, 0.1) is 0 Å². The first-order valence-corrected chi connectivity index (χ1v) is 5.34. The van der Waals surface area contributed by atoms with Crippen LogP contribution in [0, 0.1) is 0 Å². The molecule has 1 aliphatic rings. The van der Waals surface area contributed by atoms with Gasteiger partial charge >= 0.3 is 0 Å². The first kappa shape index (κ1) is 16.0. The predicted octanol–water partition coefficient (Wildman–Crippen LogP) is 2.72. The number of nitrogens with two attached hydrogens (primary N) is 1. The molecule has 1 atom stereocenters. The maximum Gasteiger partial charge on any atom is 0.0409 e. The Hall–Kier alpha value is 0.01000. The third-order valence-corrected chi connectivity index (χ3v) is 2.84. The normalized spacial score (nSPS) is 20.0. The van der Waals surface area contributed by atoms with E-state index in [4.69, 9.17) is 17.3 Å². The molecule has 0 aromatic heterocycles. The topological polar surface area (TPSA) is 29.3 Å². The molecule has 0 spiro atoms. The molecule has 2 rings (SSSR count). The summed E-state index contributed by atoms with van der Waals surface area (Å²) in [5.74, 6) is 0. The number of hydrogen-bond acceptors (Lipinski definition) is 2. The van der Waals surface area contributed by atoms with Gasteiger partial charge in [0.1, 0.15) is 0 Å². The molecule has 0 saturated carbocycles. The van der Waals surface area contributed by atoms with Gasteiger partial charge in [0.25, 0.3) is 0 Å². The predicted molar refractivity (Wildman–Crippen MR) is 73.8 cm³/mol. The van der Waals surface area contributed by atoms with Crippen molar-refractivity contribution in [1.29, 1.82) is 0 Å². The summed E-state index contributed by atoms with van der Waals surface area (Å²) in [6.45, 7) is 3.08. The molecule has 0 aliphatic carbocycles. The van der Waals surface area contributed by atoms with Gasteiger partial charge in [-0.05, 0) is 24.1 Å². The van der Waals surface area contributed by atoms with Crippen molar-refractivity contribution in [2.24, 2.45) is 5.73 Å². The van der Waals surface area contributed by atoms with Crippen LogP contribution in [0.25, 0.3) is 0 Å². The van der Waals surface area contributed by atoms with Gasteiger partial charge in [-0.1, -0.05) is 23.7 Å². The fourth-order valence-electron chi connectivity index (χ4n) is 1.90. The van der Waals surface area contributed by atoms with E-state index in [2.05, 4.69) is 11.0 Å². The van der Waals surface area contributed by atoms with E-state index >= 15 is 0 Å². The Morgan fingerprint density at radius 2 is 2.12 bits per heavy atom. The van der Waals surface area contributed by atoms with Crippen molar-refractivity contribution >= 4 is 36.4 Å². The summed E-state index contributed by atoms with van der Waals surface area (Å²) < 4.78 is 0. The Kier molecular flexibility index (Phi) is 7.36. The maximum absolute atomic E-state index is 5.92. The molecule has 92 valence electrons. The lowest BCUT2D eigenvalue weighted by Gasteiger charge is -2.14. The first-order valence-electron chi connectivity index (χ1n) is 4.96. The van der Waals surface area contributed by atoms with Crippen LogP contribution in [0.3, 0.4) is 0 Å². The minimum Gasteiger partial charge on any atom is -0.326 e. The summed E-state index contributed by atoms with van der Waals surface area (Å²) in [5.41, 5.74) is 7.11. The molecule has 1 aromatic rings. The van der Waals surface area contributed by atoms with Crippen molar-refractivity contribution in [3.05, 3.63) is 34.9 Å². The number of likely N-dealkylation sites (tertiary alicyclic amines) is 1. The van der Waals surface area contributed by atoms with Crippen LogP contribution in [0.1, 0.15) is 12.0 Å². The van der Waals surface area contributed by atoms with Crippen LogP contribution in [0.15, 0.2) is 24.3 Å². The average molecular weight is 284 g/mol. The highest BCUT2D eigenvalue weighted by atomic mass is 35.5. The average Bonchev–Trinajstić information content (AvgIpc) is 2.51. The number of rotatable bonds is 2. The molecule has 16 heavy (non-hydrogen) atoms. The molecule has 0 bridgehead atoms. The van der Waals surface area contributed by atoms with Gasteiger partial charge in [0.2, 0.25) is 0 Å². The standard InChI is InChI=1S/C11H15ClN2.2ClH/c12-10-3-1-2-9(6-10)7-14-5-4-11(13)8-14;;/h1-3,6,11H,4-5,7-8,13H2;2*1H. The number of hydrogen-bond donors (Lipinski definition) is 1. The molecule has 5 heteroatoms. The van der Waals surface area contributed by atoms with Crippen LogP contribution >= 0.6 is 36.4 Å². The summed E-state index contributed by atoms with van der Waals surface area (Å²) in [5, 5.41) is 0.811. The number of halogens is 3. The third-order valence-electron chi connectivity index (χ3n) is 2.60. The molecule has 2 nitrogen and oxygen atoms in total. The smallest absolute Gasteiger partial charge is 0.0409 e. The molecular weight excluding hydrogens is 266 g/mol. The lowest BCUT2D eigenvalue weighted by atomic mass is 10.2. The lowest BCUT2D eigenvalue weighted by Crippen LogP contribution is -2.26. The van der Waals surface area contributed by atoms with Crippen molar-refractivity contribution in [3.8, 4) is 0 Å². The summed E-state index contributed by atoms with van der Waals surface area (Å²) in [4.78, 5) is 2.37.